The molecule has 0 unspecified atom stereocenters. The summed E-state index contributed by atoms with van der Waals surface area (Å²) in [5.41, 5.74) is 3.95. The predicted molar refractivity (Wildman–Crippen MR) is 127 cm³/mol. The van der Waals surface area contributed by atoms with Crippen LogP contribution >= 0.6 is 15.9 Å². The maximum absolute atomic E-state index is 13.1. The van der Waals surface area contributed by atoms with Gasteiger partial charge in [-0.1, -0.05) is 46.3 Å². The Hall–Kier alpha value is -3.58. The fraction of sp³-hybridized carbons (Fsp3) is 0.120. The highest BCUT2D eigenvalue weighted by Gasteiger charge is 2.21. The number of hydrogen-bond donors (Lipinski definition) is 2. The van der Waals surface area contributed by atoms with E-state index in [9.17, 15) is 15.0 Å². The van der Waals surface area contributed by atoms with E-state index < -0.39 is 0 Å². The van der Waals surface area contributed by atoms with Crippen molar-refractivity contribution in [1.82, 2.24) is 14.7 Å². The maximum Gasteiger partial charge on any atom is 0.257 e. The van der Waals surface area contributed by atoms with Crippen molar-refractivity contribution in [2.45, 2.75) is 13.5 Å². The monoisotopic (exact) mass is 491 g/mol. The van der Waals surface area contributed by atoms with Gasteiger partial charge in [0, 0.05) is 29.7 Å². The van der Waals surface area contributed by atoms with Crippen molar-refractivity contribution < 1.29 is 15.0 Å². The van der Waals surface area contributed by atoms with Gasteiger partial charge < -0.3 is 15.1 Å². The smallest absolute Gasteiger partial charge is 0.257 e. The van der Waals surface area contributed by atoms with Gasteiger partial charge >= 0.3 is 0 Å². The Morgan fingerprint density at radius 1 is 1.03 bits per heavy atom. The molecule has 0 saturated heterocycles. The summed E-state index contributed by atoms with van der Waals surface area (Å²) in [5, 5.41) is 25.4. The summed E-state index contributed by atoms with van der Waals surface area (Å²) in [6, 6.07) is 19.9. The highest BCUT2D eigenvalue weighted by molar-refractivity contribution is 9.10. The standard InChI is InChI=1S/C25H22BrN3O3/c1-16-6-3-4-9-21(16)29-22(10-11-27-29)19-13-20(24(31)14-23(19)30)25(32)28(2)15-17-7-5-8-18(26)12-17/h3-14,30-31H,15H2,1-2H3. The molecule has 4 rings (SSSR count). The first-order valence-electron chi connectivity index (χ1n) is 10.0. The molecule has 0 radical (unpaired) electrons. The highest BCUT2D eigenvalue weighted by Crippen LogP contribution is 2.36. The lowest BCUT2D eigenvalue weighted by Gasteiger charge is -2.19. The second-order valence-corrected chi connectivity index (χ2v) is 8.51. The molecule has 7 heteroatoms. The lowest BCUT2D eigenvalue weighted by atomic mass is 10.0. The number of aromatic nitrogens is 2. The Labute approximate surface area is 194 Å². The summed E-state index contributed by atoms with van der Waals surface area (Å²) in [6.07, 6.45) is 1.63. The van der Waals surface area contributed by atoms with E-state index in [4.69, 9.17) is 0 Å². The van der Waals surface area contributed by atoms with Crippen molar-refractivity contribution in [1.29, 1.82) is 0 Å². The molecule has 4 aromatic rings. The molecule has 0 aliphatic carbocycles. The van der Waals surface area contributed by atoms with Crippen LogP contribution in [0.5, 0.6) is 11.5 Å². The minimum Gasteiger partial charge on any atom is -0.507 e. The summed E-state index contributed by atoms with van der Waals surface area (Å²) < 4.78 is 2.64. The minimum absolute atomic E-state index is 0.104. The zero-order valence-electron chi connectivity index (χ0n) is 17.7. The van der Waals surface area contributed by atoms with Crippen molar-refractivity contribution in [2.24, 2.45) is 0 Å². The number of phenolic OH excluding ortho intramolecular Hbond substituents is 2. The van der Waals surface area contributed by atoms with Gasteiger partial charge in [-0.25, -0.2) is 4.68 Å². The molecule has 6 nitrogen and oxygen atoms in total. The van der Waals surface area contributed by atoms with E-state index in [1.807, 2.05) is 55.5 Å². The Kier molecular flexibility index (Phi) is 6.01. The molecule has 1 amide bonds. The van der Waals surface area contributed by atoms with Crippen molar-refractivity contribution in [3.63, 3.8) is 0 Å². The number of rotatable bonds is 5. The van der Waals surface area contributed by atoms with Crippen LogP contribution in [0.15, 0.2) is 77.4 Å². The van der Waals surface area contributed by atoms with Crippen LogP contribution in [-0.2, 0) is 6.54 Å². The molecule has 0 atom stereocenters. The SMILES string of the molecule is Cc1ccccc1-n1nccc1-c1cc(C(=O)N(C)Cc2cccc(Br)c2)c(O)cc1O. The normalized spacial score (nSPS) is 10.8. The number of carbonyl (C=O) groups is 1. The second kappa shape index (κ2) is 8.88. The van der Waals surface area contributed by atoms with Gasteiger partial charge in [0.25, 0.3) is 5.91 Å². The average molecular weight is 492 g/mol. The van der Waals surface area contributed by atoms with E-state index in [-0.39, 0.29) is 23.0 Å². The number of para-hydroxylation sites is 1. The van der Waals surface area contributed by atoms with Crippen molar-refractivity contribution >= 4 is 21.8 Å². The zero-order chi connectivity index (χ0) is 22.8. The van der Waals surface area contributed by atoms with E-state index in [1.54, 1.807) is 24.0 Å². The van der Waals surface area contributed by atoms with Crippen molar-refractivity contribution in [3.8, 4) is 28.4 Å². The minimum atomic E-state index is -0.356. The number of aromatic hydroxyl groups is 2. The van der Waals surface area contributed by atoms with Crippen LogP contribution in [0.1, 0.15) is 21.5 Å². The van der Waals surface area contributed by atoms with Gasteiger partial charge in [0.05, 0.1) is 23.1 Å². The van der Waals surface area contributed by atoms with Gasteiger partial charge in [-0.05, 0) is 48.4 Å². The number of amides is 1. The third-order valence-corrected chi connectivity index (χ3v) is 5.76. The van der Waals surface area contributed by atoms with Gasteiger partial charge in [-0.15, -0.1) is 0 Å². The number of hydrogen-bond acceptors (Lipinski definition) is 4. The Bertz CT molecular complexity index is 1300. The average Bonchev–Trinajstić information content (AvgIpc) is 3.23. The molecular formula is C25H22BrN3O3. The van der Waals surface area contributed by atoms with Gasteiger partial charge in [0.15, 0.2) is 0 Å². The number of halogens is 1. The summed E-state index contributed by atoms with van der Waals surface area (Å²) in [5.74, 6) is -0.769. The molecule has 1 aromatic heterocycles. The Morgan fingerprint density at radius 3 is 2.56 bits per heavy atom. The molecule has 1 heterocycles. The fourth-order valence-electron chi connectivity index (χ4n) is 3.64. The van der Waals surface area contributed by atoms with Crippen LogP contribution in [0.25, 0.3) is 16.9 Å². The third kappa shape index (κ3) is 4.24. The first-order chi connectivity index (χ1) is 15.3. The first-order valence-corrected chi connectivity index (χ1v) is 10.8. The molecule has 3 aromatic carbocycles. The third-order valence-electron chi connectivity index (χ3n) is 5.26. The van der Waals surface area contributed by atoms with E-state index in [2.05, 4.69) is 21.0 Å². The summed E-state index contributed by atoms with van der Waals surface area (Å²) in [6.45, 7) is 2.35. The summed E-state index contributed by atoms with van der Waals surface area (Å²) in [4.78, 5) is 14.7. The number of nitrogens with zero attached hydrogens (tertiary/aromatic N) is 3. The predicted octanol–water partition coefficient (Wildman–Crippen LogP) is 5.29. The molecule has 0 aliphatic rings. The van der Waals surface area contributed by atoms with Crippen LogP contribution in [0.3, 0.4) is 0 Å². The molecule has 0 bridgehead atoms. The lowest BCUT2D eigenvalue weighted by molar-refractivity contribution is 0.0782. The van der Waals surface area contributed by atoms with E-state index in [1.165, 1.54) is 17.0 Å². The van der Waals surface area contributed by atoms with E-state index in [0.717, 1.165) is 21.3 Å². The molecule has 0 aliphatic heterocycles. The quantitative estimate of drug-likeness (QED) is 0.397. The molecule has 162 valence electrons. The number of phenols is 2. The molecule has 0 fully saturated rings. The maximum atomic E-state index is 13.1. The second-order valence-electron chi connectivity index (χ2n) is 7.59. The number of aryl methyl sites for hydroxylation is 1. The van der Waals surface area contributed by atoms with Gasteiger partial charge in [-0.3, -0.25) is 4.79 Å². The van der Waals surface area contributed by atoms with Crippen molar-refractivity contribution in [2.75, 3.05) is 7.05 Å². The van der Waals surface area contributed by atoms with Crippen LogP contribution in [-0.4, -0.2) is 37.8 Å². The Balaban J connectivity index is 1.71. The topological polar surface area (TPSA) is 78.6 Å². The molecule has 0 saturated carbocycles. The molecule has 0 spiro atoms. The van der Waals surface area contributed by atoms with Gasteiger partial charge in [0.1, 0.15) is 11.5 Å². The molecule has 2 N–H and O–H groups in total. The number of benzene rings is 3. The van der Waals surface area contributed by atoms with Crippen LogP contribution in [0, 0.1) is 6.92 Å². The fourth-order valence-corrected chi connectivity index (χ4v) is 4.09. The van der Waals surface area contributed by atoms with Gasteiger partial charge in [-0.2, -0.15) is 5.10 Å². The number of carbonyl (C=O) groups excluding carboxylic acids is 1. The zero-order valence-corrected chi connectivity index (χ0v) is 19.2. The van der Waals surface area contributed by atoms with Crippen LogP contribution in [0.4, 0.5) is 0 Å². The van der Waals surface area contributed by atoms with Crippen LogP contribution in [0.2, 0.25) is 0 Å². The largest absolute Gasteiger partial charge is 0.507 e. The molecular weight excluding hydrogens is 470 g/mol. The Morgan fingerprint density at radius 2 is 1.81 bits per heavy atom. The first kappa shape index (κ1) is 21.6. The summed E-state index contributed by atoms with van der Waals surface area (Å²) in [7, 11) is 1.67. The van der Waals surface area contributed by atoms with E-state index in [0.29, 0.717) is 17.8 Å². The van der Waals surface area contributed by atoms with E-state index >= 15 is 0 Å². The highest BCUT2D eigenvalue weighted by atomic mass is 79.9. The van der Waals surface area contributed by atoms with Gasteiger partial charge in [0.2, 0.25) is 0 Å². The lowest BCUT2D eigenvalue weighted by Crippen LogP contribution is -2.26. The van der Waals surface area contributed by atoms with Crippen molar-refractivity contribution in [3.05, 3.63) is 94.1 Å². The van der Waals surface area contributed by atoms with Crippen LogP contribution < -0.4 is 0 Å². The molecule has 32 heavy (non-hydrogen) atoms. The summed E-state index contributed by atoms with van der Waals surface area (Å²) >= 11 is 3.44.